The smallest absolute Gasteiger partial charge is 0.342 e. The molecular formula is C16H15N3O4. The summed E-state index contributed by atoms with van der Waals surface area (Å²) in [4.78, 5) is 26.9. The van der Waals surface area contributed by atoms with Gasteiger partial charge in [-0.3, -0.25) is 10.1 Å². The summed E-state index contributed by atoms with van der Waals surface area (Å²) in [5, 5.41) is 14.2. The first-order valence-corrected chi connectivity index (χ1v) is 6.83. The maximum Gasteiger partial charge on any atom is 0.342 e. The summed E-state index contributed by atoms with van der Waals surface area (Å²) in [6, 6.07) is 14.6. The lowest BCUT2D eigenvalue weighted by molar-refractivity contribution is -0.384. The predicted molar refractivity (Wildman–Crippen MR) is 84.8 cm³/mol. The Bertz CT molecular complexity index is 727. The molecule has 0 radical (unpaired) electrons. The van der Waals surface area contributed by atoms with Crippen LogP contribution in [0.2, 0.25) is 0 Å². The van der Waals surface area contributed by atoms with Gasteiger partial charge >= 0.3 is 5.97 Å². The highest BCUT2D eigenvalue weighted by Gasteiger charge is 2.18. The van der Waals surface area contributed by atoms with Crippen molar-refractivity contribution in [2.45, 2.75) is 12.8 Å². The predicted octanol–water partition coefficient (Wildman–Crippen LogP) is 2.56. The Morgan fingerprint density at radius 3 is 2.35 bits per heavy atom. The number of hydrogen-bond acceptors (Lipinski definition) is 5. The Morgan fingerprint density at radius 2 is 1.78 bits per heavy atom. The lowest BCUT2D eigenvalue weighted by Gasteiger charge is -2.08. The van der Waals surface area contributed by atoms with Crippen molar-refractivity contribution >= 4 is 17.5 Å². The van der Waals surface area contributed by atoms with Crippen molar-refractivity contribution in [2.75, 3.05) is 0 Å². The lowest BCUT2D eigenvalue weighted by Crippen LogP contribution is -2.17. The molecular weight excluding hydrogens is 298 g/mol. The average molecular weight is 313 g/mol. The number of oxime groups is 1. The highest BCUT2D eigenvalue weighted by molar-refractivity contribution is 5.97. The molecule has 0 saturated carbocycles. The molecule has 0 aliphatic carbocycles. The number of benzene rings is 2. The van der Waals surface area contributed by atoms with Crippen LogP contribution in [0.3, 0.4) is 0 Å². The van der Waals surface area contributed by atoms with Crippen LogP contribution >= 0.6 is 0 Å². The minimum absolute atomic E-state index is 0.0411. The Hall–Kier alpha value is -3.22. The van der Waals surface area contributed by atoms with Crippen molar-refractivity contribution in [2.24, 2.45) is 10.9 Å². The number of nitrogens with zero attached hydrogens (tertiary/aromatic N) is 2. The van der Waals surface area contributed by atoms with Crippen LogP contribution in [-0.2, 0) is 9.63 Å². The number of hydrogen-bond donors (Lipinski definition) is 1. The summed E-state index contributed by atoms with van der Waals surface area (Å²) < 4.78 is 0. The third-order valence-electron chi connectivity index (χ3n) is 3.26. The molecule has 0 amide bonds. The zero-order chi connectivity index (χ0) is 16.8. The second-order valence-electron chi connectivity index (χ2n) is 4.82. The maximum atomic E-state index is 12.0. The number of non-ortho nitro benzene ring substituents is 1. The first kappa shape index (κ1) is 16.2. The van der Waals surface area contributed by atoms with E-state index in [1.807, 2.05) is 6.07 Å². The molecule has 7 nitrogen and oxygen atoms in total. The summed E-state index contributed by atoms with van der Waals surface area (Å²) in [5.41, 5.74) is 6.93. The summed E-state index contributed by atoms with van der Waals surface area (Å²) in [5.74, 6) is -1.13. The molecule has 0 unspecified atom stereocenters. The van der Waals surface area contributed by atoms with Crippen LogP contribution in [0.1, 0.15) is 24.0 Å². The molecule has 7 heteroatoms. The number of nitro benzene ring substituents is 1. The average Bonchev–Trinajstić information content (AvgIpc) is 2.59. The second-order valence-corrected chi connectivity index (χ2v) is 4.82. The Labute approximate surface area is 132 Å². The third-order valence-corrected chi connectivity index (χ3v) is 3.26. The summed E-state index contributed by atoms with van der Waals surface area (Å²) in [6.45, 7) is 1.62. The van der Waals surface area contributed by atoms with Crippen molar-refractivity contribution in [3.63, 3.8) is 0 Å². The van der Waals surface area contributed by atoms with Gasteiger partial charge in [-0.25, -0.2) is 4.79 Å². The molecule has 1 atom stereocenters. The Balaban J connectivity index is 2.04. The molecule has 0 aliphatic rings. The number of nitro groups is 1. The van der Waals surface area contributed by atoms with E-state index in [-0.39, 0.29) is 11.5 Å². The van der Waals surface area contributed by atoms with Crippen LogP contribution in [-0.4, -0.2) is 16.7 Å². The molecule has 118 valence electrons. The van der Waals surface area contributed by atoms with E-state index in [1.165, 1.54) is 24.3 Å². The van der Waals surface area contributed by atoms with E-state index in [0.717, 1.165) is 0 Å². The molecule has 23 heavy (non-hydrogen) atoms. The topological polar surface area (TPSA) is 108 Å². The minimum Gasteiger partial charge on any atom is -0.380 e. The number of nitrogens with two attached hydrogens (primary N) is 1. The molecule has 0 heterocycles. The third kappa shape index (κ3) is 4.13. The molecule has 2 rings (SSSR count). The fourth-order valence-electron chi connectivity index (χ4n) is 1.86. The van der Waals surface area contributed by atoms with Gasteiger partial charge in [-0.1, -0.05) is 47.6 Å². The monoisotopic (exact) mass is 313 g/mol. The van der Waals surface area contributed by atoms with E-state index in [4.69, 9.17) is 10.6 Å². The van der Waals surface area contributed by atoms with E-state index < -0.39 is 16.8 Å². The van der Waals surface area contributed by atoms with Crippen molar-refractivity contribution in [1.82, 2.24) is 0 Å². The largest absolute Gasteiger partial charge is 0.380 e. The first-order chi connectivity index (χ1) is 11.0. The van der Waals surface area contributed by atoms with E-state index in [1.54, 1.807) is 31.2 Å². The number of carbonyl (C=O) groups is 1. The molecule has 2 aromatic carbocycles. The molecule has 0 saturated heterocycles. The van der Waals surface area contributed by atoms with Gasteiger partial charge in [0.15, 0.2) is 5.84 Å². The van der Waals surface area contributed by atoms with Crippen molar-refractivity contribution in [1.29, 1.82) is 0 Å². The van der Waals surface area contributed by atoms with Gasteiger partial charge in [0, 0.05) is 17.7 Å². The highest BCUT2D eigenvalue weighted by atomic mass is 16.7. The summed E-state index contributed by atoms with van der Waals surface area (Å²) in [7, 11) is 0. The standard InChI is InChI=1S/C16H15N3O4/c1-11(12-7-9-14(10-8-12)19(21)22)16(20)23-18-15(17)13-5-3-2-4-6-13/h2-11H,1H3,(H2,17,18)/t11-/m0/s1. The second kappa shape index (κ2) is 7.17. The molecule has 2 N–H and O–H groups in total. The summed E-state index contributed by atoms with van der Waals surface area (Å²) in [6.07, 6.45) is 0. The molecule has 0 aromatic heterocycles. The van der Waals surface area contributed by atoms with Gasteiger partial charge in [0.05, 0.1) is 10.8 Å². The molecule has 0 bridgehead atoms. The van der Waals surface area contributed by atoms with E-state index in [0.29, 0.717) is 11.1 Å². The van der Waals surface area contributed by atoms with Gasteiger partial charge < -0.3 is 10.6 Å². The molecule has 0 spiro atoms. The quantitative estimate of drug-likeness (QED) is 0.300. The van der Waals surface area contributed by atoms with E-state index in [2.05, 4.69) is 5.16 Å². The van der Waals surface area contributed by atoms with Crippen LogP contribution in [0.15, 0.2) is 59.8 Å². The van der Waals surface area contributed by atoms with Crippen molar-refractivity contribution < 1.29 is 14.6 Å². The van der Waals surface area contributed by atoms with Gasteiger partial charge in [-0.2, -0.15) is 0 Å². The SMILES string of the molecule is C[C@H](C(=O)O/N=C(/N)c1ccccc1)c1ccc([N+](=O)[O-])cc1. The van der Waals surface area contributed by atoms with Crippen molar-refractivity contribution in [3.05, 3.63) is 75.8 Å². The van der Waals surface area contributed by atoms with E-state index >= 15 is 0 Å². The van der Waals surface area contributed by atoms with Gasteiger partial charge in [0.25, 0.3) is 5.69 Å². The van der Waals surface area contributed by atoms with Crippen molar-refractivity contribution in [3.8, 4) is 0 Å². The number of rotatable bonds is 5. The van der Waals surface area contributed by atoms with Gasteiger partial charge in [-0.05, 0) is 12.5 Å². The molecule has 0 aliphatic heterocycles. The van der Waals surface area contributed by atoms with Crippen LogP contribution in [0.5, 0.6) is 0 Å². The Morgan fingerprint density at radius 1 is 1.17 bits per heavy atom. The minimum atomic E-state index is -0.622. The zero-order valence-electron chi connectivity index (χ0n) is 12.4. The fourth-order valence-corrected chi connectivity index (χ4v) is 1.86. The van der Waals surface area contributed by atoms with Crippen LogP contribution in [0.4, 0.5) is 5.69 Å². The lowest BCUT2D eigenvalue weighted by atomic mass is 10.0. The van der Waals surface area contributed by atoms with Gasteiger partial charge in [0.1, 0.15) is 0 Å². The molecule has 0 fully saturated rings. The maximum absolute atomic E-state index is 12.0. The summed E-state index contributed by atoms with van der Waals surface area (Å²) >= 11 is 0. The Kier molecular flexibility index (Phi) is 5.03. The van der Waals surface area contributed by atoms with Crippen LogP contribution in [0, 0.1) is 10.1 Å². The van der Waals surface area contributed by atoms with Crippen LogP contribution in [0.25, 0.3) is 0 Å². The number of amidine groups is 1. The molecule has 2 aromatic rings. The zero-order valence-corrected chi connectivity index (χ0v) is 12.4. The fraction of sp³-hybridized carbons (Fsp3) is 0.125. The first-order valence-electron chi connectivity index (χ1n) is 6.83. The van der Waals surface area contributed by atoms with Gasteiger partial charge in [-0.15, -0.1) is 0 Å². The van der Waals surface area contributed by atoms with Crippen LogP contribution < -0.4 is 5.73 Å². The normalized spacial score (nSPS) is 12.5. The van der Waals surface area contributed by atoms with E-state index in [9.17, 15) is 14.9 Å². The van der Waals surface area contributed by atoms with Gasteiger partial charge in [0.2, 0.25) is 0 Å². The number of carbonyl (C=O) groups excluding carboxylic acids is 1. The highest BCUT2D eigenvalue weighted by Crippen LogP contribution is 2.20.